The maximum absolute atomic E-state index is 2.70. The maximum Gasteiger partial charge on any atom is 0.0506 e. The average Bonchev–Trinajstić information content (AvgIpc) is 2.19. The molecule has 2 rings (SSSR count). The molecule has 0 N–H and O–H groups in total. The maximum atomic E-state index is 2.70. The molecule has 1 aliphatic heterocycles. The van der Waals surface area contributed by atoms with Gasteiger partial charge in [0.1, 0.15) is 0 Å². The van der Waals surface area contributed by atoms with Crippen LogP contribution in [0.4, 0.5) is 0 Å². The van der Waals surface area contributed by atoms with Gasteiger partial charge in [-0.2, -0.15) is 0 Å². The highest BCUT2D eigenvalue weighted by atomic mass is 15.3. The molecule has 0 amide bonds. The number of nitrogens with zero attached hydrogens (tertiary/aromatic N) is 2. The molecule has 1 saturated carbocycles. The van der Waals surface area contributed by atoms with E-state index in [0.29, 0.717) is 0 Å². The molecule has 0 radical (unpaired) electrons. The first-order valence-electron chi connectivity index (χ1n) is 5.79. The number of hydrogen-bond donors (Lipinski definition) is 0. The lowest BCUT2D eigenvalue weighted by Gasteiger charge is -2.40. The molecule has 0 aromatic rings. The molecular formula is C11H22N2. The van der Waals surface area contributed by atoms with E-state index in [2.05, 4.69) is 16.8 Å². The van der Waals surface area contributed by atoms with Gasteiger partial charge in [-0.05, 0) is 26.3 Å². The quantitative estimate of drug-likeness (QED) is 0.611. The normalized spacial score (nSPS) is 29.3. The second-order valence-electron chi connectivity index (χ2n) is 4.68. The summed E-state index contributed by atoms with van der Waals surface area (Å²) in [4.78, 5) is 5.15. The number of hydrogen-bond acceptors (Lipinski definition) is 2. The summed E-state index contributed by atoms with van der Waals surface area (Å²) >= 11 is 0. The molecule has 0 atom stereocenters. The third-order valence-corrected chi connectivity index (χ3v) is 3.50. The molecule has 0 aromatic heterocycles. The van der Waals surface area contributed by atoms with Crippen molar-refractivity contribution in [1.82, 2.24) is 9.80 Å². The van der Waals surface area contributed by atoms with Crippen LogP contribution in [-0.2, 0) is 0 Å². The molecule has 1 heterocycles. The van der Waals surface area contributed by atoms with Crippen LogP contribution in [-0.4, -0.2) is 42.6 Å². The summed E-state index contributed by atoms with van der Waals surface area (Å²) in [5.41, 5.74) is 0. The lowest BCUT2D eigenvalue weighted by molar-refractivity contribution is 0.0526. The first-order valence-corrected chi connectivity index (χ1v) is 5.79. The van der Waals surface area contributed by atoms with Crippen molar-refractivity contribution >= 4 is 0 Å². The zero-order chi connectivity index (χ0) is 9.10. The average molecular weight is 182 g/mol. The summed E-state index contributed by atoms with van der Waals surface area (Å²) in [7, 11) is 2.25. The molecule has 1 aliphatic carbocycles. The van der Waals surface area contributed by atoms with Crippen LogP contribution in [0.25, 0.3) is 0 Å². The van der Waals surface area contributed by atoms with Crippen LogP contribution in [0.1, 0.15) is 38.5 Å². The summed E-state index contributed by atoms with van der Waals surface area (Å²) in [6.45, 7) is 3.85. The first-order chi connectivity index (χ1) is 6.36. The fourth-order valence-corrected chi connectivity index (χ4v) is 2.74. The van der Waals surface area contributed by atoms with Crippen LogP contribution in [0.5, 0.6) is 0 Å². The van der Waals surface area contributed by atoms with E-state index >= 15 is 0 Å². The van der Waals surface area contributed by atoms with Crippen LogP contribution in [0.3, 0.4) is 0 Å². The van der Waals surface area contributed by atoms with Gasteiger partial charge in [0.15, 0.2) is 0 Å². The predicted octanol–water partition coefficient (Wildman–Crippen LogP) is 1.91. The molecule has 0 spiro atoms. The Morgan fingerprint density at radius 3 is 2.38 bits per heavy atom. The largest absolute Gasteiger partial charge is 0.293 e. The van der Waals surface area contributed by atoms with Crippen molar-refractivity contribution in [3.8, 4) is 0 Å². The van der Waals surface area contributed by atoms with Crippen molar-refractivity contribution in [3.63, 3.8) is 0 Å². The molecule has 2 fully saturated rings. The predicted molar refractivity (Wildman–Crippen MR) is 55.7 cm³/mol. The Hall–Kier alpha value is -0.0800. The highest BCUT2D eigenvalue weighted by molar-refractivity contribution is 4.78. The van der Waals surface area contributed by atoms with Gasteiger partial charge in [0.25, 0.3) is 0 Å². The van der Waals surface area contributed by atoms with Gasteiger partial charge in [0, 0.05) is 19.1 Å². The van der Waals surface area contributed by atoms with Crippen molar-refractivity contribution in [3.05, 3.63) is 0 Å². The summed E-state index contributed by atoms with van der Waals surface area (Å²) in [5, 5.41) is 0. The summed E-state index contributed by atoms with van der Waals surface area (Å²) < 4.78 is 0. The van der Waals surface area contributed by atoms with E-state index in [1.807, 2.05) is 0 Å². The Labute approximate surface area is 81.9 Å². The molecule has 0 aromatic carbocycles. The van der Waals surface area contributed by atoms with Gasteiger partial charge in [-0.1, -0.05) is 19.3 Å². The van der Waals surface area contributed by atoms with Crippen molar-refractivity contribution in [1.29, 1.82) is 0 Å². The topological polar surface area (TPSA) is 6.48 Å². The second kappa shape index (κ2) is 4.43. The minimum atomic E-state index is 0.913. The second-order valence-corrected chi connectivity index (χ2v) is 4.68. The third-order valence-electron chi connectivity index (χ3n) is 3.50. The Kier molecular flexibility index (Phi) is 3.23. The molecule has 0 bridgehead atoms. The van der Waals surface area contributed by atoms with E-state index < -0.39 is 0 Å². The Bertz CT molecular complexity index is 152. The monoisotopic (exact) mass is 182 g/mol. The zero-order valence-corrected chi connectivity index (χ0v) is 8.84. The molecular weight excluding hydrogens is 160 g/mol. The van der Waals surface area contributed by atoms with Gasteiger partial charge >= 0.3 is 0 Å². The molecule has 2 heteroatoms. The van der Waals surface area contributed by atoms with E-state index in [9.17, 15) is 0 Å². The molecule has 76 valence electrons. The summed E-state index contributed by atoms with van der Waals surface area (Å²) in [6.07, 6.45) is 8.67. The van der Waals surface area contributed by atoms with Crippen LogP contribution in [0.2, 0.25) is 0 Å². The third kappa shape index (κ3) is 2.44. The minimum absolute atomic E-state index is 0.913. The van der Waals surface area contributed by atoms with Crippen molar-refractivity contribution in [2.75, 3.05) is 26.8 Å². The minimum Gasteiger partial charge on any atom is -0.293 e. The van der Waals surface area contributed by atoms with Gasteiger partial charge in [0.05, 0.1) is 6.67 Å². The van der Waals surface area contributed by atoms with E-state index in [1.165, 1.54) is 58.3 Å². The SMILES string of the molecule is CN1CCCN(C2CCCCC2)C1. The fourth-order valence-electron chi connectivity index (χ4n) is 2.74. The lowest BCUT2D eigenvalue weighted by atomic mass is 9.94. The van der Waals surface area contributed by atoms with Crippen molar-refractivity contribution in [2.24, 2.45) is 0 Å². The highest BCUT2D eigenvalue weighted by Gasteiger charge is 2.23. The van der Waals surface area contributed by atoms with Crippen molar-refractivity contribution < 1.29 is 0 Å². The number of rotatable bonds is 1. The van der Waals surface area contributed by atoms with Gasteiger partial charge in [-0.25, -0.2) is 0 Å². The van der Waals surface area contributed by atoms with E-state index in [1.54, 1.807) is 0 Å². The molecule has 13 heavy (non-hydrogen) atoms. The van der Waals surface area contributed by atoms with Crippen LogP contribution < -0.4 is 0 Å². The Morgan fingerprint density at radius 1 is 0.923 bits per heavy atom. The fraction of sp³-hybridized carbons (Fsp3) is 1.00. The Morgan fingerprint density at radius 2 is 1.69 bits per heavy atom. The summed E-state index contributed by atoms with van der Waals surface area (Å²) in [5.74, 6) is 0. The summed E-state index contributed by atoms with van der Waals surface area (Å²) in [6, 6.07) is 0.913. The standard InChI is InChI=1S/C11H22N2/c1-12-8-5-9-13(10-12)11-6-3-2-4-7-11/h11H,2-10H2,1H3. The van der Waals surface area contributed by atoms with Crippen LogP contribution in [0.15, 0.2) is 0 Å². The molecule has 2 nitrogen and oxygen atoms in total. The van der Waals surface area contributed by atoms with Crippen molar-refractivity contribution in [2.45, 2.75) is 44.6 Å². The van der Waals surface area contributed by atoms with Crippen LogP contribution >= 0.6 is 0 Å². The zero-order valence-electron chi connectivity index (χ0n) is 8.84. The smallest absolute Gasteiger partial charge is 0.0506 e. The lowest BCUT2D eigenvalue weighted by Crippen LogP contribution is -2.48. The van der Waals surface area contributed by atoms with E-state index in [0.717, 1.165) is 6.04 Å². The molecule has 2 aliphatic rings. The molecule has 1 saturated heterocycles. The van der Waals surface area contributed by atoms with Gasteiger partial charge < -0.3 is 0 Å². The van der Waals surface area contributed by atoms with E-state index in [-0.39, 0.29) is 0 Å². The van der Waals surface area contributed by atoms with Gasteiger partial charge in [-0.15, -0.1) is 0 Å². The van der Waals surface area contributed by atoms with Gasteiger partial charge in [-0.3, -0.25) is 9.80 Å². The van der Waals surface area contributed by atoms with E-state index in [4.69, 9.17) is 0 Å². The van der Waals surface area contributed by atoms with Gasteiger partial charge in [0.2, 0.25) is 0 Å². The Balaban J connectivity index is 1.83. The highest BCUT2D eigenvalue weighted by Crippen LogP contribution is 2.23. The van der Waals surface area contributed by atoms with Crippen LogP contribution in [0, 0.1) is 0 Å². The first kappa shape index (κ1) is 9.47. The molecule has 0 unspecified atom stereocenters.